The Morgan fingerprint density at radius 1 is 1.03 bits per heavy atom. The Morgan fingerprint density at radius 3 is 2.33 bits per heavy atom. The predicted molar refractivity (Wildman–Crippen MR) is 120 cm³/mol. The Kier molecular flexibility index (Phi) is 7.22. The number of nitrogens with zero attached hydrogens (tertiary/aromatic N) is 1. The van der Waals surface area contributed by atoms with Gasteiger partial charge in [0.2, 0.25) is 10.0 Å². The highest BCUT2D eigenvalue weighted by atomic mass is 35.5. The number of hydrogen-bond acceptors (Lipinski definition) is 3. The number of halogens is 1. The van der Waals surface area contributed by atoms with Crippen molar-refractivity contribution in [2.45, 2.75) is 57.4 Å². The summed E-state index contributed by atoms with van der Waals surface area (Å²) in [4.78, 5) is 13.0. The molecule has 1 aliphatic rings. The molecule has 1 atom stereocenters. The zero-order chi connectivity index (χ0) is 21.9. The number of benzene rings is 2. The van der Waals surface area contributed by atoms with Gasteiger partial charge in [-0.05, 0) is 62.9 Å². The van der Waals surface area contributed by atoms with Crippen molar-refractivity contribution in [3.63, 3.8) is 0 Å². The topological polar surface area (TPSA) is 66.5 Å². The average molecular weight is 449 g/mol. The lowest BCUT2D eigenvalue weighted by molar-refractivity contribution is 0.0939. The summed E-state index contributed by atoms with van der Waals surface area (Å²) in [7, 11) is -3.66. The van der Waals surface area contributed by atoms with Crippen molar-refractivity contribution in [3.8, 4) is 0 Å². The van der Waals surface area contributed by atoms with E-state index in [4.69, 9.17) is 11.6 Å². The molecule has 1 amide bonds. The van der Waals surface area contributed by atoms with E-state index < -0.39 is 10.0 Å². The van der Waals surface area contributed by atoms with Crippen LogP contribution in [0.1, 0.15) is 65.7 Å². The van der Waals surface area contributed by atoms with Gasteiger partial charge in [0.1, 0.15) is 0 Å². The Balaban J connectivity index is 1.84. The molecule has 0 aromatic heterocycles. The van der Waals surface area contributed by atoms with Crippen molar-refractivity contribution < 1.29 is 13.2 Å². The van der Waals surface area contributed by atoms with Crippen LogP contribution in [0.25, 0.3) is 0 Å². The van der Waals surface area contributed by atoms with Crippen molar-refractivity contribution in [1.29, 1.82) is 0 Å². The summed E-state index contributed by atoms with van der Waals surface area (Å²) in [6, 6.07) is 10.2. The Morgan fingerprint density at radius 2 is 1.70 bits per heavy atom. The van der Waals surface area contributed by atoms with Crippen molar-refractivity contribution in [3.05, 3.63) is 63.7 Å². The number of aryl methyl sites for hydroxylation is 2. The molecule has 162 valence electrons. The molecule has 1 saturated heterocycles. The molecular formula is C23H29ClN2O3S. The highest BCUT2D eigenvalue weighted by molar-refractivity contribution is 7.89. The van der Waals surface area contributed by atoms with Gasteiger partial charge in [0.15, 0.2) is 0 Å². The standard InChI is InChI=1S/C23H29ClN2O3S/c1-16-8-10-20(17(2)14-16)18(3)25-23(27)21-15-19(9-11-22(21)24)30(28,29)26-12-6-4-5-7-13-26/h8-11,14-15,18H,4-7,12-13H2,1-3H3,(H,25,27)/t18-/m1/s1. The minimum absolute atomic E-state index is 0.109. The monoisotopic (exact) mass is 448 g/mol. The number of amides is 1. The van der Waals surface area contributed by atoms with Crippen LogP contribution in [0, 0.1) is 13.8 Å². The molecule has 0 spiro atoms. The minimum atomic E-state index is -3.66. The van der Waals surface area contributed by atoms with E-state index in [0.717, 1.165) is 42.4 Å². The Hall–Kier alpha value is -1.89. The molecule has 0 saturated carbocycles. The third kappa shape index (κ3) is 5.05. The normalized spacial score (nSPS) is 16.7. The quantitative estimate of drug-likeness (QED) is 0.698. The van der Waals surface area contributed by atoms with Gasteiger partial charge in [-0.2, -0.15) is 4.31 Å². The minimum Gasteiger partial charge on any atom is -0.345 e. The first kappa shape index (κ1) is 22.8. The molecule has 2 aromatic rings. The Labute approximate surface area is 184 Å². The molecule has 1 N–H and O–H groups in total. The van der Waals surface area contributed by atoms with E-state index in [2.05, 4.69) is 11.4 Å². The highest BCUT2D eigenvalue weighted by Gasteiger charge is 2.27. The summed E-state index contributed by atoms with van der Waals surface area (Å²) in [6.07, 6.45) is 3.79. The molecule has 1 aliphatic heterocycles. The van der Waals surface area contributed by atoms with E-state index in [1.54, 1.807) is 0 Å². The summed E-state index contributed by atoms with van der Waals surface area (Å²) >= 11 is 6.27. The van der Waals surface area contributed by atoms with Gasteiger partial charge in [-0.1, -0.05) is 48.2 Å². The fourth-order valence-corrected chi connectivity index (χ4v) is 5.68. The van der Waals surface area contributed by atoms with Gasteiger partial charge in [-0.25, -0.2) is 8.42 Å². The molecule has 30 heavy (non-hydrogen) atoms. The number of hydrogen-bond donors (Lipinski definition) is 1. The lowest BCUT2D eigenvalue weighted by Crippen LogP contribution is -2.32. The van der Waals surface area contributed by atoms with Crippen LogP contribution in [-0.2, 0) is 10.0 Å². The van der Waals surface area contributed by atoms with Crippen LogP contribution < -0.4 is 5.32 Å². The van der Waals surface area contributed by atoms with E-state index in [1.165, 1.54) is 22.5 Å². The van der Waals surface area contributed by atoms with E-state index in [9.17, 15) is 13.2 Å². The van der Waals surface area contributed by atoms with Crippen LogP contribution in [0.15, 0.2) is 41.3 Å². The van der Waals surface area contributed by atoms with E-state index >= 15 is 0 Å². The summed E-state index contributed by atoms with van der Waals surface area (Å²) in [5.41, 5.74) is 3.43. The van der Waals surface area contributed by atoms with Gasteiger partial charge < -0.3 is 5.32 Å². The molecule has 2 aromatic carbocycles. The second-order valence-corrected chi connectivity index (χ2v) is 10.4. The van der Waals surface area contributed by atoms with E-state index in [-0.39, 0.29) is 27.4 Å². The summed E-state index contributed by atoms with van der Waals surface area (Å²) in [5, 5.41) is 3.18. The molecule has 0 bridgehead atoms. The SMILES string of the molecule is Cc1ccc([C@@H](C)NC(=O)c2cc(S(=O)(=O)N3CCCCCC3)ccc2Cl)c(C)c1. The fraction of sp³-hybridized carbons (Fsp3) is 0.435. The van der Waals surface area contributed by atoms with Gasteiger partial charge in [0, 0.05) is 13.1 Å². The maximum absolute atomic E-state index is 13.1. The van der Waals surface area contributed by atoms with Crippen LogP contribution in [0.2, 0.25) is 5.02 Å². The van der Waals surface area contributed by atoms with Crippen LogP contribution >= 0.6 is 11.6 Å². The van der Waals surface area contributed by atoms with Crippen LogP contribution in [0.4, 0.5) is 0 Å². The van der Waals surface area contributed by atoms with Crippen molar-refractivity contribution in [1.82, 2.24) is 9.62 Å². The van der Waals surface area contributed by atoms with E-state index in [1.807, 2.05) is 32.9 Å². The molecule has 1 heterocycles. The molecule has 0 unspecified atom stereocenters. The predicted octanol–water partition coefficient (Wildman–Crippen LogP) is 5.01. The molecule has 1 fully saturated rings. The Bertz CT molecular complexity index is 1030. The first-order valence-corrected chi connectivity index (χ1v) is 12.2. The second kappa shape index (κ2) is 9.50. The molecular weight excluding hydrogens is 420 g/mol. The summed E-state index contributed by atoms with van der Waals surface area (Å²) in [5.74, 6) is -0.389. The smallest absolute Gasteiger partial charge is 0.253 e. The van der Waals surface area contributed by atoms with Crippen molar-refractivity contribution >= 4 is 27.5 Å². The molecule has 0 radical (unpaired) electrons. The van der Waals surface area contributed by atoms with Gasteiger partial charge in [-0.15, -0.1) is 0 Å². The number of rotatable bonds is 5. The molecule has 0 aliphatic carbocycles. The number of nitrogens with one attached hydrogen (secondary N) is 1. The van der Waals surface area contributed by atoms with E-state index in [0.29, 0.717) is 13.1 Å². The van der Waals surface area contributed by atoms with Crippen molar-refractivity contribution in [2.75, 3.05) is 13.1 Å². The lowest BCUT2D eigenvalue weighted by atomic mass is 10.00. The zero-order valence-corrected chi connectivity index (χ0v) is 19.3. The number of sulfonamides is 1. The third-order valence-electron chi connectivity index (χ3n) is 5.62. The van der Waals surface area contributed by atoms with Crippen molar-refractivity contribution in [2.24, 2.45) is 0 Å². The molecule has 7 heteroatoms. The summed E-state index contributed by atoms with van der Waals surface area (Å²) in [6.45, 7) is 6.95. The van der Waals surface area contributed by atoms with Gasteiger partial charge in [0.25, 0.3) is 5.91 Å². The summed E-state index contributed by atoms with van der Waals surface area (Å²) < 4.78 is 27.7. The van der Waals surface area contributed by atoms with Gasteiger partial charge in [0.05, 0.1) is 21.5 Å². The van der Waals surface area contributed by atoms with Crippen LogP contribution in [0.5, 0.6) is 0 Å². The van der Waals surface area contributed by atoms with Gasteiger partial charge in [-0.3, -0.25) is 4.79 Å². The first-order valence-electron chi connectivity index (χ1n) is 10.4. The number of carbonyl (C=O) groups is 1. The van der Waals surface area contributed by atoms with Crippen LogP contribution in [0.3, 0.4) is 0 Å². The molecule has 3 rings (SSSR count). The third-order valence-corrected chi connectivity index (χ3v) is 7.85. The maximum Gasteiger partial charge on any atom is 0.253 e. The second-order valence-electron chi connectivity index (χ2n) is 8.02. The highest BCUT2D eigenvalue weighted by Crippen LogP contribution is 2.26. The fourth-order valence-electron chi connectivity index (χ4n) is 3.93. The lowest BCUT2D eigenvalue weighted by Gasteiger charge is -2.21. The van der Waals surface area contributed by atoms with Crippen LogP contribution in [-0.4, -0.2) is 31.7 Å². The largest absolute Gasteiger partial charge is 0.345 e. The zero-order valence-electron chi connectivity index (χ0n) is 17.7. The number of carbonyl (C=O) groups excluding carboxylic acids is 1. The van der Waals surface area contributed by atoms with Gasteiger partial charge >= 0.3 is 0 Å². The maximum atomic E-state index is 13.1. The molecule has 5 nitrogen and oxygen atoms in total. The first-order chi connectivity index (χ1) is 14.2. The average Bonchev–Trinajstić information content (AvgIpc) is 2.98.